The molecule has 0 aliphatic carbocycles. The van der Waals surface area contributed by atoms with E-state index in [1.807, 2.05) is 6.26 Å². The van der Waals surface area contributed by atoms with Crippen LogP contribution in [0.1, 0.15) is 42.9 Å². The van der Waals surface area contributed by atoms with Crippen LogP contribution in [-0.2, 0) is 6.42 Å². The number of nitrogens with one attached hydrogen (secondary N) is 2. The molecule has 1 heterocycles. The van der Waals surface area contributed by atoms with Gasteiger partial charge >= 0.3 is 0 Å². The third-order valence-corrected chi connectivity index (χ3v) is 3.53. The molecule has 4 N–H and O–H groups in total. The summed E-state index contributed by atoms with van der Waals surface area (Å²) in [5, 5.41) is 9.81. The number of carbonyl (C=O) groups excluding carboxylic acids is 1. The topological polar surface area (TPSA) is 83.8 Å². The number of hydrogen-bond donors (Lipinski definition) is 3. The summed E-state index contributed by atoms with van der Waals surface area (Å²) in [4.78, 5) is 12.0. The van der Waals surface area contributed by atoms with Gasteiger partial charge in [-0.05, 0) is 19.1 Å². The number of carbonyl (C=O) groups is 1. The van der Waals surface area contributed by atoms with E-state index < -0.39 is 0 Å². The van der Waals surface area contributed by atoms with Crippen molar-refractivity contribution in [3.05, 3.63) is 11.4 Å². The number of anilines is 1. The van der Waals surface area contributed by atoms with Gasteiger partial charge in [-0.15, -0.1) is 0 Å². The number of aromatic nitrogens is 2. The largest absolute Gasteiger partial charge is 0.395 e. The Labute approximate surface area is 112 Å². The molecule has 1 aromatic rings. The van der Waals surface area contributed by atoms with Gasteiger partial charge in [0.05, 0.1) is 11.4 Å². The molecule has 1 amide bonds. The summed E-state index contributed by atoms with van der Waals surface area (Å²) in [6, 6.07) is 0.165. The quantitative estimate of drug-likeness (QED) is 0.705. The molecule has 0 radical (unpaired) electrons. The van der Waals surface area contributed by atoms with Gasteiger partial charge in [-0.25, -0.2) is 0 Å². The molecule has 5 nitrogen and oxygen atoms in total. The van der Waals surface area contributed by atoms with Crippen molar-refractivity contribution in [3.63, 3.8) is 0 Å². The van der Waals surface area contributed by atoms with Crippen LogP contribution in [0.15, 0.2) is 0 Å². The van der Waals surface area contributed by atoms with Crippen LogP contribution >= 0.6 is 11.8 Å². The van der Waals surface area contributed by atoms with E-state index in [1.165, 1.54) is 0 Å². The Balaban J connectivity index is 2.71. The fourth-order valence-electron chi connectivity index (χ4n) is 1.72. The van der Waals surface area contributed by atoms with Crippen molar-refractivity contribution in [1.29, 1.82) is 0 Å². The molecule has 0 aliphatic heterocycles. The Morgan fingerprint density at radius 1 is 1.56 bits per heavy atom. The summed E-state index contributed by atoms with van der Waals surface area (Å²) in [5.74, 6) is 0.709. The fourth-order valence-corrected chi connectivity index (χ4v) is 2.44. The second kappa shape index (κ2) is 7.31. The van der Waals surface area contributed by atoms with Gasteiger partial charge in [-0.2, -0.15) is 16.9 Å². The normalized spacial score (nSPS) is 12.4. The predicted octanol–water partition coefficient (Wildman–Crippen LogP) is 1.82. The second-order valence-electron chi connectivity index (χ2n) is 4.25. The van der Waals surface area contributed by atoms with E-state index in [0.29, 0.717) is 11.4 Å². The number of aryl methyl sites for hydroxylation is 1. The molecule has 0 aliphatic rings. The number of H-pyrrole nitrogens is 1. The summed E-state index contributed by atoms with van der Waals surface area (Å²) in [6.07, 6.45) is 4.71. The minimum atomic E-state index is -0.188. The first-order valence-corrected chi connectivity index (χ1v) is 7.65. The molecule has 0 aromatic carbocycles. The highest BCUT2D eigenvalue weighted by molar-refractivity contribution is 7.98. The molecule has 1 atom stereocenters. The third kappa shape index (κ3) is 3.66. The number of aromatic amines is 1. The molecule has 0 spiro atoms. The van der Waals surface area contributed by atoms with Crippen molar-refractivity contribution in [2.45, 2.75) is 39.2 Å². The molecule has 0 saturated heterocycles. The molecule has 18 heavy (non-hydrogen) atoms. The Bertz CT molecular complexity index is 391. The van der Waals surface area contributed by atoms with Crippen LogP contribution < -0.4 is 11.1 Å². The maximum absolute atomic E-state index is 12.0. The van der Waals surface area contributed by atoms with Crippen LogP contribution in [0.3, 0.4) is 0 Å². The minimum Gasteiger partial charge on any atom is -0.395 e. The molecule has 0 bridgehead atoms. The monoisotopic (exact) mass is 270 g/mol. The van der Waals surface area contributed by atoms with Gasteiger partial charge in [-0.3, -0.25) is 9.89 Å². The maximum atomic E-state index is 12.0. The van der Waals surface area contributed by atoms with E-state index in [0.717, 1.165) is 30.7 Å². The number of nitrogens with two attached hydrogens (primary N) is 1. The molecule has 6 heteroatoms. The van der Waals surface area contributed by atoms with E-state index >= 15 is 0 Å². The van der Waals surface area contributed by atoms with E-state index in [4.69, 9.17) is 5.73 Å². The van der Waals surface area contributed by atoms with E-state index in [-0.39, 0.29) is 11.9 Å². The van der Waals surface area contributed by atoms with Crippen LogP contribution in [0.2, 0.25) is 0 Å². The van der Waals surface area contributed by atoms with Gasteiger partial charge in [0.1, 0.15) is 0 Å². The zero-order valence-electron chi connectivity index (χ0n) is 11.2. The smallest absolute Gasteiger partial charge is 0.274 e. The first-order valence-electron chi connectivity index (χ1n) is 6.26. The molecular weight excluding hydrogens is 248 g/mol. The summed E-state index contributed by atoms with van der Waals surface area (Å²) in [6.45, 7) is 4.11. The number of nitrogens with zero attached hydrogens (tertiary/aromatic N) is 1. The van der Waals surface area contributed by atoms with Crippen molar-refractivity contribution in [1.82, 2.24) is 15.5 Å². The van der Waals surface area contributed by atoms with Crippen molar-refractivity contribution >= 4 is 23.4 Å². The maximum Gasteiger partial charge on any atom is 0.274 e. The minimum absolute atomic E-state index is 0.165. The lowest BCUT2D eigenvalue weighted by atomic mass is 10.2. The van der Waals surface area contributed by atoms with Crippen molar-refractivity contribution in [2.75, 3.05) is 17.7 Å². The summed E-state index contributed by atoms with van der Waals surface area (Å²) >= 11 is 1.71. The molecular formula is C12H22N4OS. The van der Waals surface area contributed by atoms with Crippen molar-refractivity contribution < 1.29 is 4.79 Å². The third-order valence-electron chi connectivity index (χ3n) is 2.79. The lowest BCUT2D eigenvalue weighted by molar-refractivity contribution is 0.0936. The van der Waals surface area contributed by atoms with E-state index in [1.54, 1.807) is 11.8 Å². The summed E-state index contributed by atoms with van der Waals surface area (Å²) in [5.41, 5.74) is 7.57. The average molecular weight is 270 g/mol. The van der Waals surface area contributed by atoms with Gasteiger partial charge in [0, 0.05) is 11.8 Å². The van der Waals surface area contributed by atoms with E-state index in [9.17, 15) is 4.79 Å². The lowest BCUT2D eigenvalue weighted by Crippen LogP contribution is -2.36. The molecule has 1 aromatic heterocycles. The lowest BCUT2D eigenvalue weighted by Gasteiger charge is -2.14. The van der Waals surface area contributed by atoms with Crippen LogP contribution in [0.5, 0.6) is 0 Å². The highest BCUT2D eigenvalue weighted by atomic mass is 32.2. The molecule has 1 rings (SSSR count). The zero-order chi connectivity index (χ0) is 13.5. The number of thioether (sulfide) groups is 1. The number of nitrogen functional groups attached to an aromatic ring is 1. The first-order chi connectivity index (χ1) is 8.63. The Morgan fingerprint density at radius 3 is 2.83 bits per heavy atom. The molecule has 0 fully saturated rings. The van der Waals surface area contributed by atoms with Gasteiger partial charge in [0.2, 0.25) is 0 Å². The van der Waals surface area contributed by atoms with Gasteiger partial charge in [-0.1, -0.05) is 20.3 Å². The SMILES string of the molecule is CCCc1[nH]nc(C(=O)NC(CC)CSC)c1N. The standard InChI is InChI=1S/C12H22N4OS/c1-4-6-9-10(13)11(16-15-9)12(17)14-8(5-2)7-18-3/h8H,4-7,13H2,1-3H3,(H,14,17)(H,15,16). The highest BCUT2D eigenvalue weighted by Gasteiger charge is 2.19. The Kier molecular flexibility index (Phi) is 6.04. The van der Waals surface area contributed by atoms with Gasteiger partial charge in [0.25, 0.3) is 5.91 Å². The van der Waals surface area contributed by atoms with Crippen LogP contribution in [-0.4, -0.2) is 34.2 Å². The van der Waals surface area contributed by atoms with Crippen molar-refractivity contribution in [2.24, 2.45) is 0 Å². The predicted molar refractivity (Wildman–Crippen MR) is 76.9 cm³/mol. The van der Waals surface area contributed by atoms with Gasteiger partial charge in [0.15, 0.2) is 5.69 Å². The fraction of sp³-hybridized carbons (Fsp3) is 0.667. The first kappa shape index (κ1) is 14.9. The molecule has 1 unspecified atom stereocenters. The zero-order valence-corrected chi connectivity index (χ0v) is 12.1. The summed E-state index contributed by atoms with van der Waals surface area (Å²) < 4.78 is 0. The molecule has 102 valence electrons. The van der Waals surface area contributed by atoms with E-state index in [2.05, 4.69) is 29.4 Å². The molecule has 0 saturated carbocycles. The average Bonchev–Trinajstić information content (AvgIpc) is 2.71. The highest BCUT2D eigenvalue weighted by Crippen LogP contribution is 2.16. The second-order valence-corrected chi connectivity index (χ2v) is 5.16. The van der Waals surface area contributed by atoms with Crippen LogP contribution in [0.4, 0.5) is 5.69 Å². The Morgan fingerprint density at radius 2 is 2.28 bits per heavy atom. The number of hydrogen-bond acceptors (Lipinski definition) is 4. The van der Waals surface area contributed by atoms with Crippen LogP contribution in [0.25, 0.3) is 0 Å². The number of rotatable bonds is 7. The van der Waals surface area contributed by atoms with Crippen LogP contribution in [0, 0.1) is 0 Å². The van der Waals surface area contributed by atoms with Crippen molar-refractivity contribution in [3.8, 4) is 0 Å². The number of amides is 1. The van der Waals surface area contributed by atoms with Gasteiger partial charge < -0.3 is 11.1 Å². The Hall–Kier alpha value is -1.17. The summed E-state index contributed by atoms with van der Waals surface area (Å²) in [7, 11) is 0.